The molecule has 0 bridgehead atoms. The van der Waals surface area contributed by atoms with Gasteiger partial charge in [-0.05, 0) is 30.9 Å². The molecular formula is C14H14ClFO3. The Labute approximate surface area is 115 Å². The van der Waals surface area contributed by atoms with Crippen LogP contribution in [-0.2, 0) is 16.0 Å². The maximum Gasteiger partial charge on any atom is 0.317 e. The van der Waals surface area contributed by atoms with E-state index >= 15 is 0 Å². The summed E-state index contributed by atoms with van der Waals surface area (Å²) in [6, 6.07) is 4.25. The number of carbonyl (C=O) groups is 2. The van der Waals surface area contributed by atoms with Gasteiger partial charge in [-0.3, -0.25) is 9.59 Å². The van der Waals surface area contributed by atoms with E-state index in [4.69, 9.17) is 11.6 Å². The molecule has 1 N–H and O–H groups in total. The van der Waals surface area contributed by atoms with Crippen LogP contribution in [0.25, 0.3) is 0 Å². The van der Waals surface area contributed by atoms with Crippen molar-refractivity contribution in [2.75, 3.05) is 0 Å². The van der Waals surface area contributed by atoms with Crippen molar-refractivity contribution in [1.29, 1.82) is 0 Å². The number of hydrogen-bond acceptors (Lipinski definition) is 2. The van der Waals surface area contributed by atoms with Crippen LogP contribution in [0.4, 0.5) is 4.39 Å². The normalized spacial score (nSPS) is 23.4. The average molecular weight is 285 g/mol. The van der Waals surface area contributed by atoms with Gasteiger partial charge in [-0.2, -0.15) is 0 Å². The number of carbonyl (C=O) groups excluding carboxylic acids is 1. The van der Waals surface area contributed by atoms with E-state index in [9.17, 15) is 19.1 Å². The van der Waals surface area contributed by atoms with Gasteiger partial charge in [0.15, 0.2) is 5.78 Å². The van der Waals surface area contributed by atoms with Crippen LogP contribution in [0.3, 0.4) is 0 Å². The molecule has 0 amide bonds. The summed E-state index contributed by atoms with van der Waals surface area (Å²) in [6.07, 6.45) is 1.90. The van der Waals surface area contributed by atoms with E-state index in [-0.39, 0.29) is 30.1 Å². The SMILES string of the molecule is O=C(O)C1(Cc2cccc(F)c2Cl)CCCCC1=O. The van der Waals surface area contributed by atoms with Crippen LogP contribution in [0, 0.1) is 11.2 Å². The molecular weight excluding hydrogens is 271 g/mol. The highest BCUT2D eigenvalue weighted by Gasteiger charge is 2.47. The minimum Gasteiger partial charge on any atom is -0.480 e. The van der Waals surface area contributed by atoms with E-state index in [0.717, 1.165) is 0 Å². The minimum atomic E-state index is -1.45. The smallest absolute Gasteiger partial charge is 0.317 e. The molecule has 5 heteroatoms. The first-order valence-corrected chi connectivity index (χ1v) is 6.55. The van der Waals surface area contributed by atoms with Gasteiger partial charge in [0.1, 0.15) is 11.2 Å². The van der Waals surface area contributed by atoms with Crippen molar-refractivity contribution in [2.45, 2.75) is 32.1 Å². The molecule has 0 aliphatic heterocycles. The zero-order chi connectivity index (χ0) is 14.0. The third-order valence-electron chi connectivity index (χ3n) is 3.72. The molecule has 19 heavy (non-hydrogen) atoms. The zero-order valence-corrected chi connectivity index (χ0v) is 11.0. The Kier molecular flexibility index (Phi) is 3.90. The fourth-order valence-electron chi connectivity index (χ4n) is 2.59. The minimum absolute atomic E-state index is 0.0439. The van der Waals surface area contributed by atoms with Crippen molar-refractivity contribution < 1.29 is 19.1 Å². The number of aliphatic carboxylic acids is 1. The van der Waals surface area contributed by atoms with Crippen LogP contribution in [0.1, 0.15) is 31.2 Å². The number of carboxylic acid groups (broad SMARTS) is 1. The summed E-state index contributed by atoms with van der Waals surface area (Å²) in [5, 5.41) is 9.33. The second kappa shape index (κ2) is 5.29. The number of carboxylic acids is 1. The van der Waals surface area contributed by atoms with Crippen LogP contribution in [0.5, 0.6) is 0 Å². The third kappa shape index (κ3) is 2.50. The van der Waals surface area contributed by atoms with Gasteiger partial charge in [0.2, 0.25) is 0 Å². The lowest BCUT2D eigenvalue weighted by Gasteiger charge is -2.31. The fraction of sp³-hybridized carbons (Fsp3) is 0.429. The van der Waals surface area contributed by atoms with Crippen molar-refractivity contribution >= 4 is 23.4 Å². The van der Waals surface area contributed by atoms with Crippen molar-refractivity contribution in [1.82, 2.24) is 0 Å². The monoisotopic (exact) mass is 284 g/mol. The lowest BCUT2D eigenvalue weighted by Crippen LogP contribution is -2.43. The van der Waals surface area contributed by atoms with Crippen LogP contribution in [0.2, 0.25) is 5.02 Å². The molecule has 1 saturated carbocycles. The molecule has 1 aromatic rings. The number of hydrogen-bond donors (Lipinski definition) is 1. The van der Waals surface area contributed by atoms with Crippen molar-refractivity contribution in [3.63, 3.8) is 0 Å². The summed E-state index contributed by atoms with van der Waals surface area (Å²) in [4.78, 5) is 23.6. The van der Waals surface area contributed by atoms with Gasteiger partial charge >= 0.3 is 5.97 Å². The molecule has 1 atom stereocenters. The molecule has 0 spiro atoms. The van der Waals surface area contributed by atoms with Crippen LogP contribution in [0.15, 0.2) is 18.2 Å². The number of halogens is 2. The Morgan fingerprint density at radius 2 is 2.16 bits per heavy atom. The zero-order valence-electron chi connectivity index (χ0n) is 10.3. The molecule has 2 rings (SSSR count). The predicted octanol–water partition coefficient (Wildman–Crippen LogP) is 3.24. The lowest BCUT2D eigenvalue weighted by molar-refractivity contribution is -0.157. The Morgan fingerprint density at radius 3 is 2.79 bits per heavy atom. The van der Waals surface area contributed by atoms with Gasteiger partial charge in [0.05, 0.1) is 5.02 Å². The maximum absolute atomic E-state index is 13.4. The van der Waals surface area contributed by atoms with Gasteiger partial charge < -0.3 is 5.11 Å². The second-order valence-electron chi connectivity index (χ2n) is 4.91. The van der Waals surface area contributed by atoms with Crippen molar-refractivity contribution in [3.8, 4) is 0 Å². The molecule has 1 aliphatic rings. The first-order valence-electron chi connectivity index (χ1n) is 6.17. The molecule has 0 heterocycles. The van der Waals surface area contributed by atoms with E-state index in [0.29, 0.717) is 18.4 Å². The molecule has 3 nitrogen and oxygen atoms in total. The van der Waals surface area contributed by atoms with Crippen LogP contribution < -0.4 is 0 Å². The Hall–Kier alpha value is -1.42. The largest absolute Gasteiger partial charge is 0.480 e. The average Bonchev–Trinajstić information content (AvgIpc) is 2.37. The molecule has 1 fully saturated rings. The summed E-state index contributed by atoms with van der Waals surface area (Å²) in [7, 11) is 0. The number of benzene rings is 1. The molecule has 0 aromatic heterocycles. The third-order valence-corrected chi connectivity index (χ3v) is 4.15. The van der Waals surface area contributed by atoms with Crippen molar-refractivity contribution in [2.24, 2.45) is 5.41 Å². The maximum atomic E-state index is 13.4. The van der Waals surface area contributed by atoms with Crippen LogP contribution >= 0.6 is 11.6 Å². The highest BCUT2D eigenvalue weighted by atomic mass is 35.5. The van der Waals surface area contributed by atoms with Gasteiger partial charge in [-0.25, -0.2) is 4.39 Å². The van der Waals surface area contributed by atoms with E-state index in [1.54, 1.807) is 6.07 Å². The summed E-state index contributed by atoms with van der Waals surface area (Å²) in [6.45, 7) is 0. The fourth-order valence-corrected chi connectivity index (χ4v) is 2.78. The first kappa shape index (κ1) is 14.0. The quantitative estimate of drug-likeness (QED) is 0.867. The van der Waals surface area contributed by atoms with Gasteiger partial charge in [-0.15, -0.1) is 0 Å². The highest BCUT2D eigenvalue weighted by molar-refractivity contribution is 6.31. The summed E-state index contributed by atoms with van der Waals surface area (Å²) < 4.78 is 13.4. The Balaban J connectivity index is 2.39. The van der Waals surface area contributed by atoms with Gasteiger partial charge in [0.25, 0.3) is 0 Å². The van der Waals surface area contributed by atoms with E-state index in [1.165, 1.54) is 12.1 Å². The highest BCUT2D eigenvalue weighted by Crippen LogP contribution is 2.38. The van der Waals surface area contributed by atoms with Crippen LogP contribution in [-0.4, -0.2) is 16.9 Å². The molecule has 1 aromatic carbocycles. The van der Waals surface area contributed by atoms with Crippen molar-refractivity contribution in [3.05, 3.63) is 34.6 Å². The first-order chi connectivity index (χ1) is 8.97. The molecule has 0 saturated heterocycles. The molecule has 1 unspecified atom stereocenters. The predicted molar refractivity (Wildman–Crippen MR) is 68.7 cm³/mol. The Bertz CT molecular complexity index is 529. The molecule has 0 radical (unpaired) electrons. The topological polar surface area (TPSA) is 54.4 Å². The second-order valence-corrected chi connectivity index (χ2v) is 5.29. The standard InChI is InChI=1S/C14H14ClFO3/c15-12-9(4-3-5-10(12)16)8-14(13(18)19)7-2-1-6-11(14)17/h3-5H,1-2,6-8H2,(H,18,19). The number of rotatable bonds is 3. The summed E-state index contributed by atoms with van der Waals surface area (Å²) in [5.74, 6) is -2.02. The molecule has 1 aliphatic carbocycles. The Morgan fingerprint density at radius 1 is 1.42 bits per heavy atom. The van der Waals surface area contributed by atoms with E-state index < -0.39 is 17.2 Å². The van der Waals surface area contributed by atoms with E-state index in [1.807, 2.05) is 0 Å². The summed E-state index contributed by atoms with van der Waals surface area (Å²) >= 11 is 5.85. The number of Topliss-reactive ketones (excluding diaryl/α,β-unsaturated/α-hetero) is 1. The lowest BCUT2D eigenvalue weighted by atomic mass is 9.69. The van der Waals surface area contributed by atoms with Gasteiger partial charge in [0, 0.05) is 6.42 Å². The number of ketones is 1. The van der Waals surface area contributed by atoms with Gasteiger partial charge in [-0.1, -0.05) is 30.2 Å². The summed E-state index contributed by atoms with van der Waals surface area (Å²) in [5.41, 5.74) is -1.07. The molecule has 102 valence electrons. The van der Waals surface area contributed by atoms with E-state index in [2.05, 4.69) is 0 Å².